The number of hydrogen-bond acceptors (Lipinski definition) is 4. The van der Waals surface area contributed by atoms with Crippen molar-refractivity contribution in [3.8, 4) is 17.7 Å². The molecule has 5 heteroatoms. The van der Waals surface area contributed by atoms with Gasteiger partial charge in [0.25, 0.3) is 5.88 Å². The zero-order chi connectivity index (χ0) is 14.5. The zero-order valence-electron chi connectivity index (χ0n) is 11.4. The molecule has 0 aliphatic heterocycles. The predicted octanol–water partition coefficient (Wildman–Crippen LogP) is 3.40. The van der Waals surface area contributed by atoms with Crippen LogP contribution >= 0.6 is 0 Å². The summed E-state index contributed by atoms with van der Waals surface area (Å²) >= 11 is 0. The summed E-state index contributed by atoms with van der Waals surface area (Å²) in [7, 11) is 0. The first-order valence-corrected chi connectivity index (χ1v) is 6.41. The summed E-state index contributed by atoms with van der Waals surface area (Å²) in [5, 5.41) is 17.4. The topological polar surface area (TPSA) is 58.8 Å². The molecule has 0 bridgehead atoms. The van der Waals surface area contributed by atoms with E-state index in [4.69, 9.17) is 4.74 Å². The van der Waals surface area contributed by atoms with E-state index in [-0.39, 0.29) is 11.7 Å². The van der Waals surface area contributed by atoms with Crippen molar-refractivity contribution in [1.29, 1.82) is 5.26 Å². The van der Waals surface area contributed by atoms with Crippen molar-refractivity contribution in [3.05, 3.63) is 46.9 Å². The highest BCUT2D eigenvalue weighted by molar-refractivity contribution is 5.47. The third-order valence-corrected chi connectivity index (χ3v) is 2.95. The lowest BCUT2D eigenvalue weighted by Crippen LogP contribution is -2.05. The minimum Gasteiger partial charge on any atom is -0.437 e. The lowest BCUT2D eigenvalue weighted by Gasteiger charge is -2.11. The first kappa shape index (κ1) is 13.9. The maximum absolute atomic E-state index is 12.9. The number of benzene rings is 1. The van der Waals surface area contributed by atoms with Crippen LogP contribution in [0.2, 0.25) is 0 Å². The molecular formula is C15H14FN3O. The lowest BCUT2D eigenvalue weighted by molar-refractivity contribution is 0.449. The Morgan fingerprint density at radius 3 is 2.40 bits per heavy atom. The molecule has 0 saturated carbocycles. The Balaban J connectivity index is 2.42. The predicted molar refractivity (Wildman–Crippen MR) is 72.0 cm³/mol. The van der Waals surface area contributed by atoms with Crippen molar-refractivity contribution < 1.29 is 9.13 Å². The molecule has 0 aliphatic carbocycles. The van der Waals surface area contributed by atoms with E-state index >= 15 is 0 Å². The third-order valence-electron chi connectivity index (χ3n) is 2.95. The van der Waals surface area contributed by atoms with E-state index in [1.54, 1.807) is 0 Å². The summed E-state index contributed by atoms with van der Waals surface area (Å²) in [6.07, 6.45) is 1.39. The van der Waals surface area contributed by atoms with E-state index in [9.17, 15) is 9.65 Å². The van der Waals surface area contributed by atoms with Gasteiger partial charge in [0, 0.05) is 0 Å². The van der Waals surface area contributed by atoms with Crippen LogP contribution in [0.15, 0.2) is 24.3 Å². The van der Waals surface area contributed by atoms with Crippen LogP contribution in [0.5, 0.6) is 11.6 Å². The molecule has 1 heterocycles. The van der Waals surface area contributed by atoms with Crippen LogP contribution in [-0.2, 0) is 12.8 Å². The third kappa shape index (κ3) is 2.75. The van der Waals surface area contributed by atoms with Gasteiger partial charge in [-0.05, 0) is 42.7 Å². The van der Waals surface area contributed by atoms with Gasteiger partial charge >= 0.3 is 0 Å². The molecule has 1 aromatic heterocycles. The van der Waals surface area contributed by atoms with E-state index in [2.05, 4.69) is 16.3 Å². The highest BCUT2D eigenvalue weighted by Crippen LogP contribution is 2.26. The molecular weight excluding hydrogens is 257 g/mol. The standard InChI is InChI=1S/C15H14FN3O/c1-3-12-13(9-17)15(19-18-14(12)4-2)20-11-7-5-10(16)6-8-11/h5-8H,3-4H2,1-2H3. The van der Waals surface area contributed by atoms with Gasteiger partial charge in [-0.2, -0.15) is 10.4 Å². The van der Waals surface area contributed by atoms with Crippen molar-refractivity contribution in [3.63, 3.8) is 0 Å². The van der Waals surface area contributed by atoms with E-state index in [0.29, 0.717) is 24.2 Å². The number of aromatic nitrogens is 2. The average Bonchev–Trinajstić information content (AvgIpc) is 2.48. The highest BCUT2D eigenvalue weighted by Gasteiger charge is 2.15. The molecule has 0 fully saturated rings. The van der Waals surface area contributed by atoms with Crippen molar-refractivity contribution in [2.24, 2.45) is 0 Å². The summed E-state index contributed by atoms with van der Waals surface area (Å²) in [5.74, 6) is 0.233. The molecule has 0 saturated heterocycles. The molecule has 2 rings (SSSR count). The largest absolute Gasteiger partial charge is 0.437 e. The number of hydrogen-bond donors (Lipinski definition) is 0. The van der Waals surface area contributed by atoms with E-state index in [0.717, 1.165) is 11.3 Å². The Labute approximate surface area is 116 Å². The van der Waals surface area contributed by atoms with Crippen LogP contribution in [-0.4, -0.2) is 10.2 Å². The Hall–Kier alpha value is -2.48. The molecule has 1 aromatic carbocycles. The van der Waals surface area contributed by atoms with Crippen LogP contribution in [0.3, 0.4) is 0 Å². The van der Waals surface area contributed by atoms with Gasteiger partial charge < -0.3 is 4.74 Å². The smallest absolute Gasteiger partial charge is 0.257 e. The second-order valence-electron chi connectivity index (χ2n) is 4.18. The number of nitrogens with zero attached hydrogens (tertiary/aromatic N) is 3. The zero-order valence-corrected chi connectivity index (χ0v) is 11.4. The number of ether oxygens (including phenoxy) is 1. The van der Waals surface area contributed by atoms with Crippen molar-refractivity contribution >= 4 is 0 Å². The molecule has 4 nitrogen and oxygen atoms in total. The summed E-state index contributed by atoms with van der Waals surface area (Å²) in [6.45, 7) is 3.92. The summed E-state index contributed by atoms with van der Waals surface area (Å²) in [4.78, 5) is 0. The van der Waals surface area contributed by atoms with Crippen LogP contribution in [0.25, 0.3) is 0 Å². The minimum atomic E-state index is -0.348. The Morgan fingerprint density at radius 2 is 1.85 bits per heavy atom. The van der Waals surface area contributed by atoms with Crippen molar-refractivity contribution in [2.45, 2.75) is 26.7 Å². The monoisotopic (exact) mass is 271 g/mol. The maximum Gasteiger partial charge on any atom is 0.257 e. The average molecular weight is 271 g/mol. The Kier molecular flexibility index (Phi) is 4.26. The molecule has 0 aliphatic rings. The van der Waals surface area contributed by atoms with Gasteiger partial charge in [-0.1, -0.05) is 13.8 Å². The summed E-state index contributed by atoms with van der Waals surface area (Å²) < 4.78 is 18.4. The van der Waals surface area contributed by atoms with E-state index < -0.39 is 0 Å². The maximum atomic E-state index is 12.9. The first-order chi connectivity index (χ1) is 9.69. The van der Waals surface area contributed by atoms with Crippen LogP contribution < -0.4 is 4.74 Å². The van der Waals surface area contributed by atoms with E-state index in [1.807, 2.05) is 13.8 Å². The fraction of sp³-hybridized carbons (Fsp3) is 0.267. The van der Waals surface area contributed by atoms with Gasteiger partial charge in [-0.25, -0.2) is 4.39 Å². The first-order valence-electron chi connectivity index (χ1n) is 6.41. The van der Waals surface area contributed by atoms with Crippen molar-refractivity contribution in [1.82, 2.24) is 10.2 Å². The quantitative estimate of drug-likeness (QED) is 0.855. The molecule has 0 radical (unpaired) electrons. The van der Waals surface area contributed by atoms with Gasteiger partial charge in [0.2, 0.25) is 0 Å². The Bertz CT molecular complexity index is 647. The lowest BCUT2D eigenvalue weighted by atomic mass is 10.0. The molecule has 0 spiro atoms. The van der Waals surface area contributed by atoms with Crippen LogP contribution in [0.1, 0.15) is 30.7 Å². The number of aryl methyl sites for hydroxylation is 1. The van der Waals surface area contributed by atoms with E-state index in [1.165, 1.54) is 24.3 Å². The molecule has 0 atom stereocenters. The second-order valence-corrected chi connectivity index (χ2v) is 4.18. The fourth-order valence-electron chi connectivity index (χ4n) is 1.96. The van der Waals surface area contributed by atoms with Gasteiger partial charge in [0.05, 0.1) is 5.69 Å². The van der Waals surface area contributed by atoms with Crippen molar-refractivity contribution in [2.75, 3.05) is 0 Å². The normalized spacial score (nSPS) is 10.1. The molecule has 0 N–H and O–H groups in total. The Morgan fingerprint density at radius 1 is 1.15 bits per heavy atom. The molecule has 0 amide bonds. The van der Waals surface area contributed by atoms with Gasteiger partial charge in [0.1, 0.15) is 23.2 Å². The van der Waals surface area contributed by atoms with Gasteiger partial charge in [-0.15, -0.1) is 5.10 Å². The minimum absolute atomic E-state index is 0.160. The highest BCUT2D eigenvalue weighted by atomic mass is 19.1. The molecule has 20 heavy (non-hydrogen) atoms. The number of halogens is 1. The molecule has 0 unspecified atom stereocenters. The second kappa shape index (κ2) is 6.11. The number of nitriles is 1. The SMILES string of the molecule is CCc1nnc(Oc2ccc(F)cc2)c(C#N)c1CC. The molecule has 102 valence electrons. The van der Waals surface area contributed by atoms with Gasteiger partial charge in [0.15, 0.2) is 0 Å². The summed E-state index contributed by atoms with van der Waals surface area (Å²) in [5.41, 5.74) is 2.04. The van der Waals surface area contributed by atoms with Crippen LogP contribution in [0.4, 0.5) is 4.39 Å². The summed E-state index contributed by atoms with van der Waals surface area (Å²) in [6, 6.07) is 7.66. The van der Waals surface area contributed by atoms with Gasteiger partial charge in [-0.3, -0.25) is 0 Å². The number of rotatable bonds is 4. The van der Waals surface area contributed by atoms with Crippen LogP contribution in [0, 0.1) is 17.1 Å². The molecule has 2 aromatic rings. The fourth-order valence-corrected chi connectivity index (χ4v) is 1.96.